The Labute approximate surface area is 96.7 Å². The van der Waals surface area contributed by atoms with Crippen molar-refractivity contribution in [3.63, 3.8) is 0 Å². The maximum Gasteiger partial charge on any atom is 0.309 e. The van der Waals surface area contributed by atoms with E-state index in [4.69, 9.17) is 9.47 Å². The minimum absolute atomic E-state index is 0.0184. The van der Waals surface area contributed by atoms with Crippen molar-refractivity contribution in [3.8, 4) is 0 Å². The molecule has 2 aliphatic heterocycles. The Morgan fingerprint density at radius 2 is 2.31 bits per heavy atom. The lowest BCUT2D eigenvalue weighted by molar-refractivity contribution is -0.155. The summed E-state index contributed by atoms with van der Waals surface area (Å²) < 4.78 is 10.8. The van der Waals surface area contributed by atoms with Crippen LogP contribution in [0.5, 0.6) is 0 Å². The van der Waals surface area contributed by atoms with Gasteiger partial charge in [0.1, 0.15) is 6.61 Å². The zero-order valence-electron chi connectivity index (χ0n) is 9.91. The molecule has 0 aromatic carbocycles. The van der Waals surface area contributed by atoms with Crippen LogP contribution in [0.1, 0.15) is 26.2 Å². The first kappa shape index (κ1) is 11.9. The second kappa shape index (κ2) is 5.64. The molecule has 0 aliphatic carbocycles. The molecule has 92 valence electrons. The van der Waals surface area contributed by atoms with Crippen LogP contribution >= 0.6 is 0 Å². The molecular formula is C12H21NO3. The van der Waals surface area contributed by atoms with Gasteiger partial charge < -0.3 is 14.8 Å². The maximum atomic E-state index is 11.7. The zero-order valence-corrected chi connectivity index (χ0v) is 9.91. The molecule has 0 bridgehead atoms. The van der Waals surface area contributed by atoms with E-state index in [-0.39, 0.29) is 18.0 Å². The van der Waals surface area contributed by atoms with Gasteiger partial charge in [-0.15, -0.1) is 0 Å². The number of carbonyl (C=O) groups is 1. The fourth-order valence-electron chi connectivity index (χ4n) is 2.10. The van der Waals surface area contributed by atoms with Gasteiger partial charge in [0.05, 0.1) is 12.0 Å². The molecule has 2 atom stereocenters. The van der Waals surface area contributed by atoms with Crippen molar-refractivity contribution in [1.82, 2.24) is 5.32 Å². The summed E-state index contributed by atoms with van der Waals surface area (Å²) in [5, 5.41) is 3.17. The summed E-state index contributed by atoms with van der Waals surface area (Å²) in [5.74, 6) is 0.408. The minimum Gasteiger partial charge on any atom is -0.463 e. The Kier molecular flexibility index (Phi) is 4.18. The van der Waals surface area contributed by atoms with E-state index in [0.29, 0.717) is 12.5 Å². The van der Waals surface area contributed by atoms with E-state index in [1.165, 1.54) is 6.42 Å². The van der Waals surface area contributed by atoms with E-state index in [0.717, 1.165) is 32.5 Å². The van der Waals surface area contributed by atoms with E-state index in [2.05, 4.69) is 5.32 Å². The number of esters is 1. The average molecular weight is 227 g/mol. The van der Waals surface area contributed by atoms with Gasteiger partial charge in [-0.1, -0.05) is 6.92 Å². The van der Waals surface area contributed by atoms with Crippen molar-refractivity contribution in [2.45, 2.75) is 32.3 Å². The quantitative estimate of drug-likeness (QED) is 0.727. The Bertz CT molecular complexity index is 234. The molecule has 0 radical (unpaired) electrons. The smallest absolute Gasteiger partial charge is 0.309 e. The van der Waals surface area contributed by atoms with Crippen LogP contribution in [-0.4, -0.2) is 38.4 Å². The Morgan fingerprint density at radius 1 is 1.50 bits per heavy atom. The molecule has 2 aliphatic rings. The molecule has 0 saturated carbocycles. The third-order valence-corrected chi connectivity index (χ3v) is 3.58. The van der Waals surface area contributed by atoms with Gasteiger partial charge in [0.2, 0.25) is 0 Å². The molecule has 0 aromatic rings. The molecule has 2 saturated heterocycles. The third kappa shape index (κ3) is 2.95. The predicted molar refractivity (Wildman–Crippen MR) is 60.1 cm³/mol. The first-order valence-corrected chi connectivity index (χ1v) is 6.26. The normalized spacial score (nSPS) is 28.2. The second-order valence-electron chi connectivity index (χ2n) is 4.83. The highest BCUT2D eigenvalue weighted by Crippen LogP contribution is 2.18. The number of carbonyl (C=O) groups excluding carboxylic acids is 1. The summed E-state index contributed by atoms with van der Waals surface area (Å²) in [6.07, 6.45) is 3.47. The van der Waals surface area contributed by atoms with Crippen molar-refractivity contribution >= 4 is 5.97 Å². The maximum absolute atomic E-state index is 11.7. The summed E-state index contributed by atoms with van der Waals surface area (Å²) in [5.41, 5.74) is 0. The van der Waals surface area contributed by atoms with Gasteiger partial charge in [-0.25, -0.2) is 0 Å². The monoisotopic (exact) mass is 227 g/mol. The van der Waals surface area contributed by atoms with E-state index in [1.54, 1.807) is 0 Å². The van der Waals surface area contributed by atoms with Gasteiger partial charge in [-0.3, -0.25) is 4.79 Å². The third-order valence-electron chi connectivity index (χ3n) is 3.58. The SMILES string of the molecule is CC(C(=O)OCC1CCCCO1)C1CNC1. The van der Waals surface area contributed by atoms with E-state index in [1.807, 2.05) is 6.92 Å². The Balaban J connectivity index is 1.65. The molecule has 4 nitrogen and oxygen atoms in total. The van der Waals surface area contributed by atoms with Gasteiger partial charge in [0, 0.05) is 6.61 Å². The van der Waals surface area contributed by atoms with Gasteiger partial charge in [-0.2, -0.15) is 0 Å². The fourth-order valence-corrected chi connectivity index (χ4v) is 2.10. The van der Waals surface area contributed by atoms with Gasteiger partial charge in [-0.05, 0) is 38.3 Å². The van der Waals surface area contributed by atoms with Crippen molar-refractivity contribution in [2.24, 2.45) is 11.8 Å². The summed E-state index contributed by atoms with van der Waals surface area (Å²) in [6, 6.07) is 0. The standard InChI is InChI=1S/C12H21NO3/c1-9(10-6-13-7-10)12(14)16-8-11-4-2-3-5-15-11/h9-11,13H,2-8H2,1H3. The highest BCUT2D eigenvalue weighted by molar-refractivity contribution is 5.72. The molecule has 2 unspecified atom stereocenters. The topological polar surface area (TPSA) is 47.6 Å². The van der Waals surface area contributed by atoms with E-state index >= 15 is 0 Å². The summed E-state index contributed by atoms with van der Waals surface area (Å²) in [6.45, 7) is 5.08. The minimum atomic E-state index is -0.0688. The Hall–Kier alpha value is -0.610. The first-order chi connectivity index (χ1) is 7.77. The molecule has 16 heavy (non-hydrogen) atoms. The van der Waals surface area contributed by atoms with E-state index < -0.39 is 0 Å². The molecule has 0 spiro atoms. The van der Waals surface area contributed by atoms with Gasteiger partial charge in [0.15, 0.2) is 0 Å². The highest BCUT2D eigenvalue weighted by Gasteiger charge is 2.30. The Morgan fingerprint density at radius 3 is 2.88 bits per heavy atom. The van der Waals surface area contributed by atoms with E-state index in [9.17, 15) is 4.79 Å². The van der Waals surface area contributed by atoms with Gasteiger partial charge >= 0.3 is 5.97 Å². The van der Waals surface area contributed by atoms with Crippen molar-refractivity contribution in [2.75, 3.05) is 26.3 Å². The van der Waals surface area contributed by atoms with Crippen LogP contribution < -0.4 is 5.32 Å². The van der Waals surface area contributed by atoms with Crippen molar-refractivity contribution in [3.05, 3.63) is 0 Å². The lowest BCUT2D eigenvalue weighted by Crippen LogP contribution is -2.48. The summed E-state index contributed by atoms with van der Waals surface area (Å²) in [4.78, 5) is 11.7. The molecule has 2 heterocycles. The van der Waals surface area contributed by atoms with Crippen molar-refractivity contribution < 1.29 is 14.3 Å². The average Bonchev–Trinajstić information content (AvgIpc) is 2.25. The molecule has 1 N–H and O–H groups in total. The number of hydrogen-bond acceptors (Lipinski definition) is 4. The lowest BCUT2D eigenvalue weighted by Gasteiger charge is -2.31. The molecule has 0 amide bonds. The number of nitrogens with one attached hydrogen (secondary N) is 1. The van der Waals surface area contributed by atoms with Crippen LogP contribution in [-0.2, 0) is 14.3 Å². The van der Waals surface area contributed by atoms with Crippen LogP contribution in [0, 0.1) is 11.8 Å². The van der Waals surface area contributed by atoms with Gasteiger partial charge in [0.25, 0.3) is 0 Å². The summed E-state index contributed by atoms with van der Waals surface area (Å²) >= 11 is 0. The zero-order chi connectivity index (χ0) is 11.4. The van der Waals surface area contributed by atoms with Crippen LogP contribution in [0.15, 0.2) is 0 Å². The van der Waals surface area contributed by atoms with Crippen LogP contribution in [0.4, 0.5) is 0 Å². The molecule has 4 heteroatoms. The molecular weight excluding hydrogens is 206 g/mol. The number of rotatable bonds is 4. The highest BCUT2D eigenvalue weighted by atomic mass is 16.6. The van der Waals surface area contributed by atoms with Crippen LogP contribution in [0.25, 0.3) is 0 Å². The van der Waals surface area contributed by atoms with Crippen LogP contribution in [0.3, 0.4) is 0 Å². The molecule has 2 fully saturated rings. The first-order valence-electron chi connectivity index (χ1n) is 6.26. The predicted octanol–water partition coefficient (Wildman–Crippen LogP) is 0.954. The number of hydrogen-bond donors (Lipinski definition) is 1. The fraction of sp³-hybridized carbons (Fsp3) is 0.917. The largest absolute Gasteiger partial charge is 0.463 e. The lowest BCUT2D eigenvalue weighted by atomic mass is 9.89. The molecule has 2 rings (SSSR count). The summed E-state index contributed by atoms with van der Waals surface area (Å²) in [7, 11) is 0. The second-order valence-corrected chi connectivity index (χ2v) is 4.83. The molecule has 0 aromatic heterocycles. The van der Waals surface area contributed by atoms with Crippen molar-refractivity contribution in [1.29, 1.82) is 0 Å². The van der Waals surface area contributed by atoms with Crippen LogP contribution in [0.2, 0.25) is 0 Å². The number of ether oxygens (including phenoxy) is 2.